The molecule has 1 atom stereocenters. The third-order valence-corrected chi connectivity index (χ3v) is 5.23. The van der Waals surface area contributed by atoms with E-state index in [1.165, 1.54) is 7.11 Å². The van der Waals surface area contributed by atoms with Crippen LogP contribution in [-0.4, -0.2) is 47.5 Å². The molecule has 0 aliphatic carbocycles. The van der Waals surface area contributed by atoms with Crippen LogP contribution >= 0.6 is 0 Å². The molecule has 0 fully saturated rings. The molecule has 0 aliphatic rings. The minimum absolute atomic E-state index is 0.00516. The molecule has 1 aromatic heterocycles. The molecule has 0 aliphatic heterocycles. The summed E-state index contributed by atoms with van der Waals surface area (Å²) >= 11 is 0. The smallest absolute Gasteiger partial charge is 0.351 e. The lowest BCUT2D eigenvalue weighted by atomic mass is 9.81. The number of rotatable bonds is 12. The van der Waals surface area contributed by atoms with E-state index < -0.39 is 22.8 Å². The molecule has 0 radical (unpaired) electrons. The number of esters is 1. The number of ether oxygens (including phenoxy) is 3. The van der Waals surface area contributed by atoms with E-state index in [1.807, 2.05) is 60.7 Å². The second-order valence-corrected chi connectivity index (χ2v) is 7.68. The number of hydrogen-bond donors (Lipinski definition) is 0. The molecule has 0 spiro atoms. The average molecular weight is 482 g/mol. The number of aromatic nitrogens is 2. The zero-order valence-electron chi connectivity index (χ0n) is 19.7. The molecule has 0 amide bonds. The van der Waals surface area contributed by atoms with Crippen molar-refractivity contribution in [1.29, 1.82) is 0 Å². The first-order chi connectivity index (χ1) is 16.9. The van der Waals surface area contributed by atoms with Gasteiger partial charge in [0.1, 0.15) is 0 Å². The summed E-state index contributed by atoms with van der Waals surface area (Å²) in [6.07, 6.45) is -1.23. The molecule has 10 nitrogen and oxygen atoms in total. The fourth-order valence-electron chi connectivity index (χ4n) is 3.78. The van der Waals surface area contributed by atoms with E-state index in [2.05, 4.69) is 14.8 Å². The first-order valence-corrected chi connectivity index (χ1v) is 11.0. The zero-order valence-corrected chi connectivity index (χ0v) is 19.7. The van der Waals surface area contributed by atoms with Gasteiger partial charge in [0.2, 0.25) is 6.10 Å². The Labute approximate surface area is 202 Å². The second kappa shape index (κ2) is 11.9. The van der Waals surface area contributed by atoms with Crippen LogP contribution in [0.15, 0.2) is 66.7 Å². The van der Waals surface area contributed by atoms with Gasteiger partial charge in [0.15, 0.2) is 5.60 Å². The van der Waals surface area contributed by atoms with Gasteiger partial charge in [-0.3, -0.25) is 0 Å². The van der Waals surface area contributed by atoms with Gasteiger partial charge in [0, 0.05) is 24.9 Å². The van der Waals surface area contributed by atoms with Crippen LogP contribution in [0.2, 0.25) is 0 Å². The van der Waals surface area contributed by atoms with Crippen molar-refractivity contribution in [2.45, 2.75) is 32.0 Å². The molecule has 35 heavy (non-hydrogen) atoms. The Morgan fingerprint density at radius 1 is 0.971 bits per heavy atom. The third kappa shape index (κ3) is 6.30. The van der Waals surface area contributed by atoms with E-state index >= 15 is 0 Å². The van der Waals surface area contributed by atoms with Crippen molar-refractivity contribution in [2.75, 3.05) is 20.3 Å². The first-order valence-electron chi connectivity index (χ1n) is 11.0. The maximum Gasteiger partial charge on any atom is 0.351 e. The van der Waals surface area contributed by atoms with Gasteiger partial charge in [-0.25, -0.2) is 14.8 Å². The van der Waals surface area contributed by atoms with E-state index in [4.69, 9.17) is 14.2 Å². The molecule has 2 aromatic carbocycles. The lowest BCUT2D eigenvalue weighted by Crippen LogP contribution is -2.51. The van der Waals surface area contributed by atoms with Crippen molar-refractivity contribution in [3.05, 3.63) is 99.4 Å². The van der Waals surface area contributed by atoms with Crippen LogP contribution in [-0.2, 0) is 24.7 Å². The van der Waals surface area contributed by atoms with E-state index in [9.17, 15) is 14.9 Å². The summed E-state index contributed by atoms with van der Waals surface area (Å²) in [5.41, 5.74) is 1.21. The molecule has 0 saturated heterocycles. The minimum atomic E-state index is -1.42. The zero-order chi connectivity index (χ0) is 25.3. The Hall–Kier alpha value is -4.05. The highest BCUT2D eigenvalue weighted by Gasteiger charge is 2.50. The summed E-state index contributed by atoms with van der Waals surface area (Å²) in [6, 6.07) is 20.1. The van der Waals surface area contributed by atoms with Gasteiger partial charge in [-0.15, -0.1) is 10.1 Å². The highest BCUT2D eigenvalue weighted by molar-refractivity contribution is 5.78. The summed E-state index contributed by atoms with van der Waals surface area (Å²) in [5.74, 6) is -0.747. The number of carbonyl (C=O) groups is 1. The van der Waals surface area contributed by atoms with Crippen LogP contribution < -0.4 is 4.74 Å². The SMILES string of the molecule is COC(c1ccccc1)(c1ccccc1)[C@H](Oc1nc(C)cc(C)n1)C(=O)OCCCO[N+](=O)[O-]. The fourth-order valence-corrected chi connectivity index (χ4v) is 3.78. The maximum absolute atomic E-state index is 13.5. The van der Waals surface area contributed by atoms with Crippen LogP contribution in [0.5, 0.6) is 6.01 Å². The summed E-state index contributed by atoms with van der Waals surface area (Å²) in [7, 11) is 1.48. The average Bonchev–Trinajstić information content (AvgIpc) is 2.84. The number of hydrogen-bond acceptors (Lipinski definition) is 9. The summed E-state index contributed by atoms with van der Waals surface area (Å²) in [4.78, 5) is 36.8. The van der Waals surface area contributed by atoms with Gasteiger partial charge in [-0.1, -0.05) is 60.7 Å². The normalized spacial score (nSPS) is 12.0. The molecule has 10 heteroatoms. The molecule has 184 valence electrons. The van der Waals surface area contributed by atoms with Crippen molar-refractivity contribution in [3.63, 3.8) is 0 Å². The highest BCUT2D eigenvalue weighted by Crippen LogP contribution is 2.39. The summed E-state index contributed by atoms with van der Waals surface area (Å²) in [5, 5.41) is 9.48. The Bertz CT molecular complexity index is 1070. The Balaban J connectivity index is 2.05. The van der Waals surface area contributed by atoms with Gasteiger partial charge in [-0.05, 0) is 31.0 Å². The van der Waals surface area contributed by atoms with Gasteiger partial charge < -0.3 is 19.0 Å². The molecular weight excluding hydrogens is 454 g/mol. The van der Waals surface area contributed by atoms with Crippen molar-refractivity contribution >= 4 is 5.97 Å². The molecule has 3 aromatic rings. The standard InChI is InChI=1S/C25H27N3O7/c1-18-17-19(2)27-24(26-18)35-22(23(29)33-15-10-16-34-28(30)31)25(32-3,20-11-6-4-7-12-20)21-13-8-5-9-14-21/h4-9,11-14,17,22H,10,15-16H2,1-3H3/t22-/m1/s1. The summed E-state index contributed by atoms with van der Waals surface area (Å²) in [6.45, 7) is 3.26. The Morgan fingerprint density at radius 3 is 2.00 bits per heavy atom. The molecule has 0 saturated carbocycles. The quantitative estimate of drug-likeness (QED) is 0.165. The number of benzene rings is 2. The highest BCUT2D eigenvalue weighted by atomic mass is 16.9. The topological polar surface area (TPSA) is 123 Å². The molecule has 1 heterocycles. The lowest BCUT2D eigenvalue weighted by molar-refractivity contribution is -0.757. The van der Waals surface area contributed by atoms with Gasteiger partial charge in [0.05, 0.1) is 13.2 Å². The van der Waals surface area contributed by atoms with Crippen molar-refractivity contribution in [2.24, 2.45) is 0 Å². The van der Waals surface area contributed by atoms with Gasteiger partial charge >= 0.3 is 12.0 Å². The molecule has 3 rings (SSSR count). The van der Waals surface area contributed by atoms with Crippen molar-refractivity contribution < 1.29 is 28.9 Å². The van der Waals surface area contributed by atoms with Crippen molar-refractivity contribution in [3.8, 4) is 6.01 Å². The van der Waals surface area contributed by atoms with E-state index in [-0.39, 0.29) is 25.6 Å². The second-order valence-electron chi connectivity index (χ2n) is 7.68. The van der Waals surface area contributed by atoms with Gasteiger partial charge in [0.25, 0.3) is 5.09 Å². The monoisotopic (exact) mass is 481 g/mol. The third-order valence-electron chi connectivity index (χ3n) is 5.23. The van der Waals surface area contributed by atoms with Crippen LogP contribution in [0.1, 0.15) is 28.9 Å². The number of carbonyl (C=O) groups excluding carboxylic acids is 1. The fraction of sp³-hybridized carbons (Fsp3) is 0.320. The van der Waals surface area contributed by atoms with E-state index in [1.54, 1.807) is 19.9 Å². The molecule has 0 N–H and O–H groups in total. The van der Waals surface area contributed by atoms with E-state index in [0.717, 1.165) is 0 Å². The molecule has 0 unspecified atom stereocenters. The minimum Gasteiger partial charge on any atom is -0.463 e. The van der Waals surface area contributed by atoms with Crippen molar-refractivity contribution in [1.82, 2.24) is 9.97 Å². The number of nitrogens with zero attached hydrogens (tertiary/aromatic N) is 3. The predicted octanol–water partition coefficient (Wildman–Crippen LogP) is 3.57. The van der Waals surface area contributed by atoms with Gasteiger partial charge in [-0.2, -0.15) is 0 Å². The van der Waals surface area contributed by atoms with Crippen LogP contribution in [0.25, 0.3) is 0 Å². The summed E-state index contributed by atoms with van der Waals surface area (Å²) < 4.78 is 17.7. The van der Waals surface area contributed by atoms with E-state index in [0.29, 0.717) is 22.5 Å². The molecule has 0 bridgehead atoms. The maximum atomic E-state index is 13.5. The Kier molecular flexibility index (Phi) is 8.69. The number of aryl methyl sites for hydroxylation is 2. The first kappa shape index (κ1) is 25.6. The lowest BCUT2D eigenvalue weighted by Gasteiger charge is -2.38. The van der Waals surface area contributed by atoms with Crippen LogP contribution in [0, 0.1) is 24.0 Å². The van der Waals surface area contributed by atoms with Crippen LogP contribution in [0.3, 0.4) is 0 Å². The molecular formula is C25H27N3O7. The van der Waals surface area contributed by atoms with Crippen LogP contribution in [0.4, 0.5) is 0 Å². The predicted molar refractivity (Wildman–Crippen MR) is 125 cm³/mol. The number of methoxy groups -OCH3 is 1. The largest absolute Gasteiger partial charge is 0.463 e. The Morgan fingerprint density at radius 2 is 1.51 bits per heavy atom.